The number of nitrogens with zero attached hydrogens (tertiary/aromatic N) is 1. The van der Waals surface area contributed by atoms with E-state index in [1.165, 1.54) is 0 Å². The average molecular weight is 364 g/mol. The zero-order chi connectivity index (χ0) is 15.0. The van der Waals surface area contributed by atoms with Crippen LogP contribution in [0.3, 0.4) is 0 Å². The number of benzene rings is 2. The summed E-state index contributed by atoms with van der Waals surface area (Å²) in [6.07, 6.45) is 1.76. The molecule has 3 rings (SSSR count). The van der Waals surface area contributed by atoms with E-state index in [4.69, 9.17) is 22.1 Å². The maximum Gasteiger partial charge on any atom is 0.127 e. The molecule has 1 aromatic heterocycles. The van der Waals surface area contributed by atoms with E-state index in [0.29, 0.717) is 10.7 Å². The first-order valence-corrected chi connectivity index (χ1v) is 7.45. The molecular weight excluding hydrogens is 352 g/mol. The molecule has 0 amide bonds. The predicted octanol–water partition coefficient (Wildman–Crippen LogP) is 4.91. The summed E-state index contributed by atoms with van der Waals surface area (Å²) in [6, 6.07) is 11.4. The molecule has 0 bridgehead atoms. The number of hydrogen-bond acceptors (Lipinski definition) is 3. The number of fused-ring (bicyclic) bond motifs is 1. The monoisotopic (exact) mass is 362 g/mol. The second-order valence-corrected chi connectivity index (χ2v) is 5.89. The van der Waals surface area contributed by atoms with Crippen LogP contribution < -0.4 is 10.5 Å². The Labute approximate surface area is 135 Å². The minimum Gasteiger partial charge on any atom is -0.496 e. The summed E-state index contributed by atoms with van der Waals surface area (Å²) < 4.78 is 6.33. The van der Waals surface area contributed by atoms with Crippen LogP contribution in [0, 0.1) is 0 Å². The van der Waals surface area contributed by atoms with Gasteiger partial charge in [-0.3, -0.25) is 4.98 Å². The van der Waals surface area contributed by atoms with E-state index in [-0.39, 0.29) is 0 Å². The number of ether oxygens (including phenoxy) is 1. The van der Waals surface area contributed by atoms with Crippen molar-refractivity contribution in [1.29, 1.82) is 0 Å². The lowest BCUT2D eigenvalue weighted by atomic mass is 10.0. The zero-order valence-electron chi connectivity index (χ0n) is 11.2. The third-order valence-corrected chi connectivity index (χ3v) is 4.12. The van der Waals surface area contributed by atoms with Gasteiger partial charge in [0.05, 0.1) is 12.6 Å². The van der Waals surface area contributed by atoms with Gasteiger partial charge in [0.1, 0.15) is 5.75 Å². The van der Waals surface area contributed by atoms with Gasteiger partial charge in [-0.15, -0.1) is 0 Å². The molecule has 0 aliphatic heterocycles. The maximum atomic E-state index is 6.13. The number of methoxy groups -OCH3 is 1. The minimum absolute atomic E-state index is 0.584. The SMILES string of the molecule is COc1cc2cccnc2cc1-c1c(N)cc(Cl)cc1Br. The first kappa shape index (κ1) is 14.2. The van der Waals surface area contributed by atoms with Gasteiger partial charge in [-0.05, 0) is 30.3 Å². The number of anilines is 1. The van der Waals surface area contributed by atoms with Crippen molar-refractivity contribution in [3.05, 3.63) is 52.1 Å². The van der Waals surface area contributed by atoms with Crippen LogP contribution in [0.4, 0.5) is 5.69 Å². The molecule has 0 spiro atoms. The quantitative estimate of drug-likeness (QED) is 0.658. The number of hydrogen-bond donors (Lipinski definition) is 1. The average Bonchev–Trinajstić information content (AvgIpc) is 2.45. The first-order chi connectivity index (χ1) is 10.1. The summed E-state index contributed by atoms with van der Waals surface area (Å²) in [7, 11) is 1.64. The molecule has 0 saturated carbocycles. The smallest absolute Gasteiger partial charge is 0.127 e. The number of aromatic nitrogens is 1. The molecule has 21 heavy (non-hydrogen) atoms. The zero-order valence-corrected chi connectivity index (χ0v) is 13.6. The van der Waals surface area contributed by atoms with Gasteiger partial charge in [-0.1, -0.05) is 33.6 Å². The fourth-order valence-corrected chi connectivity index (χ4v) is 3.39. The number of halogens is 2. The van der Waals surface area contributed by atoms with Crippen molar-refractivity contribution >= 4 is 44.1 Å². The van der Waals surface area contributed by atoms with Gasteiger partial charge in [0.25, 0.3) is 0 Å². The van der Waals surface area contributed by atoms with Crippen LogP contribution in [0.5, 0.6) is 5.75 Å². The highest BCUT2D eigenvalue weighted by molar-refractivity contribution is 9.10. The highest BCUT2D eigenvalue weighted by atomic mass is 79.9. The highest BCUT2D eigenvalue weighted by Crippen LogP contribution is 2.42. The summed E-state index contributed by atoms with van der Waals surface area (Å²) in [5.74, 6) is 0.741. The lowest BCUT2D eigenvalue weighted by Crippen LogP contribution is -1.95. The van der Waals surface area contributed by atoms with Crippen molar-refractivity contribution in [2.75, 3.05) is 12.8 Å². The minimum atomic E-state index is 0.584. The molecule has 0 unspecified atom stereocenters. The Morgan fingerprint density at radius 1 is 1.24 bits per heavy atom. The van der Waals surface area contributed by atoms with Crippen LogP contribution in [-0.2, 0) is 0 Å². The van der Waals surface area contributed by atoms with E-state index in [1.54, 1.807) is 19.4 Å². The number of nitrogens with two attached hydrogens (primary N) is 1. The normalized spacial score (nSPS) is 10.8. The van der Waals surface area contributed by atoms with Crippen molar-refractivity contribution in [1.82, 2.24) is 4.98 Å². The first-order valence-electron chi connectivity index (χ1n) is 6.28. The molecule has 106 valence electrons. The van der Waals surface area contributed by atoms with Gasteiger partial charge in [0.15, 0.2) is 0 Å². The third-order valence-electron chi connectivity index (χ3n) is 3.28. The molecule has 5 heteroatoms. The van der Waals surface area contributed by atoms with Gasteiger partial charge in [0, 0.05) is 37.9 Å². The van der Waals surface area contributed by atoms with E-state index in [9.17, 15) is 0 Å². The van der Waals surface area contributed by atoms with Crippen LogP contribution in [0.1, 0.15) is 0 Å². The maximum absolute atomic E-state index is 6.13. The molecule has 1 heterocycles. The molecule has 3 aromatic rings. The van der Waals surface area contributed by atoms with Crippen molar-refractivity contribution in [3.8, 4) is 16.9 Å². The number of rotatable bonds is 2. The molecule has 0 atom stereocenters. The molecule has 0 saturated heterocycles. The van der Waals surface area contributed by atoms with Crippen LogP contribution in [0.2, 0.25) is 5.02 Å². The van der Waals surface area contributed by atoms with E-state index >= 15 is 0 Å². The molecule has 3 nitrogen and oxygen atoms in total. The fourth-order valence-electron chi connectivity index (χ4n) is 2.34. The topological polar surface area (TPSA) is 48.1 Å². The Morgan fingerprint density at radius 3 is 2.76 bits per heavy atom. The highest BCUT2D eigenvalue weighted by Gasteiger charge is 2.15. The van der Waals surface area contributed by atoms with Gasteiger partial charge in [-0.25, -0.2) is 0 Å². The van der Waals surface area contributed by atoms with Gasteiger partial charge in [0.2, 0.25) is 0 Å². The van der Waals surface area contributed by atoms with Crippen LogP contribution in [-0.4, -0.2) is 12.1 Å². The molecule has 0 aliphatic carbocycles. The molecule has 2 aromatic carbocycles. The Bertz CT molecular complexity index is 813. The van der Waals surface area contributed by atoms with Crippen molar-refractivity contribution in [3.63, 3.8) is 0 Å². The van der Waals surface area contributed by atoms with E-state index in [1.807, 2.05) is 30.3 Å². The van der Waals surface area contributed by atoms with Crippen molar-refractivity contribution in [2.45, 2.75) is 0 Å². The third kappa shape index (κ3) is 2.57. The van der Waals surface area contributed by atoms with E-state index in [0.717, 1.165) is 32.3 Å². The summed E-state index contributed by atoms with van der Waals surface area (Å²) in [5.41, 5.74) is 9.33. The van der Waals surface area contributed by atoms with Crippen molar-refractivity contribution < 1.29 is 4.74 Å². The van der Waals surface area contributed by atoms with Gasteiger partial charge in [-0.2, -0.15) is 0 Å². The molecule has 0 aliphatic rings. The van der Waals surface area contributed by atoms with Crippen molar-refractivity contribution in [2.24, 2.45) is 0 Å². The predicted molar refractivity (Wildman–Crippen MR) is 90.9 cm³/mol. The summed E-state index contributed by atoms with van der Waals surface area (Å²) in [5, 5.41) is 1.60. The summed E-state index contributed by atoms with van der Waals surface area (Å²) in [4.78, 5) is 4.38. The number of nitrogen functional groups attached to an aromatic ring is 1. The lowest BCUT2D eigenvalue weighted by molar-refractivity contribution is 0.417. The van der Waals surface area contributed by atoms with Gasteiger partial charge >= 0.3 is 0 Å². The second kappa shape index (κ2) is 5.54. The fraction of sp³-hybridized carbons (Fsp3) is 0.0625. The second-order valence-electron chi connectivity index (χ2n) is 4.60. The standard InChI is InChI=1S/C16H12BrClN2O/c1-21-15-5-9-3-2-4-20-14(9)8-11(15)16-12(17)6-10(18)7-13(16)19/h2-8H,19H2,1H3. The summed E-state index contributed by atoms with van der Waals surface area (Å²) in [6.45, 7) is 0. The molecule has 0 fully saturated rings. The van der Waals surface area contributed by atoms with Crippen LogP contribution in [0.25, 0.3) is 22.0 Å². The lowest BCUT2D eigenvalue weighted by Gasteiger charge is -2.14. The molecule has 2 N–H and O–H groups in total. The Morgan fingerprint density at radius 2 is 2.05 bits per heavy atom. The van der Waals surface area contributed by atoms with Crippen LogP contribution in [0.15, 0.2) is 47.1 Å². The Hall–Kier alpha value is -1.78. The van der Waals surface area contributed by atoms with E-state index < -0.39 is 0 Å². The van der Waals surface area contributed by atoms with Gasteiger partial charge < -0.3 is 10.5 Å². The largest absolute Gasteiger partial charge is 0.496 e. The van der Waals surface area contributed by atoms with E-state index in [2.05, 4.69) is 20.9 Å². The summed E-state index contributed by atoms with van der Waals surface area (Å²) >= 11 is 9.55. The molecular formula is C16H12BrClN2O. The molecule has 0 radical (unpaired) electrons. The Kier molecular flexibility index (Phi) is 3.74. The van der Waals surface area contributed by atoms with Crippen LogP contribution >= 0.6 is 27.5 Å². The Balaban J connectivity index is 2.34. The number of pyridine rings is 1.